The Bertz CT molecular complexity index is 1300. The minimum Gasteiger partial charge on any atom is -0.348 e. The van der Waals surface area contributed by atoms with Crippen LogP contribution in [0.25, 0.3) is 17.3 Å². The zero-order chi connectivity index (χ0) is 26.0. The third kappa shape index (κ3) is 7.89. The zero-order valence-electron chi connectivity index (χ0n) is 20.2. The molecule has 2 aromatic heterocycles. The van der Waals surface area contributed by atoms with Crippen LogP contribution in [0.15, 0.2) is 61.4 Å². The van der Waals surface area contributed by atoms with Crippen LogP contribution < -0.4 is 10.0 Å². The van der Waals surface area contributed by atoms with Crippen molar-refractivity contribution in [2.45, 2.75) is 33.7 Å². The molecule has 8 nitrogen and oxygen atoms in total. The fourth-order valence-electron chi connectivity index (χ4n) is 3.07. The summed E-state index contributed by atoms with van der Waals surface area (Å²) in [6.07, 6.45) is 8.53. The fourth-order valence-corrected chi connectivity index (χ4v) is 3.56. The van der Waals surface area contributed by atoms with E-state index in [-0.39, 0.29) is 24.1 Å². The van der Waals surface area contributed by atoms with Crippen LogP contribution in [0.2, 0.25) is 0 Å². The van der Waals surface area contributed by atoms with Crippen LogP contribution in [0.3, 0.4) is 0 Å². The minimum absolute atomic E-state index is 0.159. The molecule has 0 unspecified atom stereocenters. The number of sulfonamides is 1. The first-order valence-corrected chi connectivity index (χ1v) is 12.9. The van der Waals surface area contributed by atoms with E-state index >= 15 is 0 Å². The highest BCUT2D eigenvalue weighted by Crippen LogP contribution is 2.24. The van der Waals surface area contributed by atoms with E-state index in [0.29, 0.717) is 28.1 Å². The normalized spacial score (nSPS) is 11.3. The van der Waals surface area contributed by atoms with E-state index in [0.717, 1.165) is 6.26 Å². The molecule has 0 radical (unpaired) electrons. The van der Waals surface area contributed by atoms with Crippen molar-refractivity contribution in [2.24, 2.45) is 0 Å². The molecule has 2 heterocycles. The van der Waals surface area contributed by atoms with Gasteiger partial charge < -0.3 is 5.32 Å². The summed E-state index contributed by atoms with van der Waals surface area (Å²) in [7, 11) is -3.46. The van der Waals surface area contributed by atoms with E-state index in [1.807, 2.05) is 0 Å². The second-order valence-electron chi connectivity index (χ2n) is 7.55. The molecule has 35 heavy (non-hydrogen) atoms. The van der Waals surface area contributed by atoms with Gasteiger partial charge in [0.1, 0.15) is 11.6 Å². The Labute approximate surface area is 205 Å². The number of carbonyl (C=O) groups excluding carboxylic acids is 1. The highest BCUT2D eigenvalue weighted by atomic mass is 32.2. The van der Waals surface area contributed by atoms with E-state index < -0.39 is 10.0 Å². The maximum Gasteiger partial charge on any atom is 0.251 e. The van der Waals surface area contributed by atoms with Crippen molar-refractivity contribution >= 4 is 33.4 Å². The second kappa shape index (κ2) is 12.6. The number of nitrogens with one attached hydrogen (secondary N) is 2. The molecule has 0 bridgehead atoms. The lowest BCUT2D eigenvalue weighted by Crippen LogP contribution is -2.24. The molecule has 0 aliphatic carbocycles. The predicted molar refractivity (Wildman–Crippen MR) is 138 cm³/mol. The molecule has 186 valence electrons. The molecule has 0 saturated carbocycles. The average Bonchev–Trinajstić information content (AvgIpc) is 3.22. The largest absolute Gasteiger partial charge is 0.348 e. The highest BCUT2D eigenvalue weighted by molar-refractivity contribution is 7.92. The Hall–Kier alpha value is -3.79. The SMILES string of the molecule is C=Cc1c(/C(=C\C)C(=O)NCc2ccnc(NS(C)(=O)=O)c2)cnn1-c1ccc(F)cc1.CCC. The molecule has 0 saturated heterocycles. The number of anilines is 1. The van der Waals surface area contributed by atoms with Gasteiger partial charge in [0.2, 0.25) is 10.0 Å². The molecule has 0 aliphatic rings. The first-order valence-electron chi connectivity index (χ1n) is 11.0. The Morgan fingerprint density at radius 2 is 1.86 bits per heavy atom. The number of pyridine rings is 1. The van der Waals surface area contributed by atoms with Crippen LogP contribution in [-0.2, 0) is 21.4 Å². The van der Waals surface area contributed by atoms with Gasteiger partial charge in [-0.15, -0.1) is 0 Å². The number of aromatic nitrogens is 3. The van der Waals surface area contributed by atoms with Crippen molar-refractivity contribution in [1.29, 1.82) is 0 Å². The Kier molecular flexibility index (Phi) is 9.89. The van der Waals surface area contributed by atoms with E-state index in [1.165, 1.54) is 24.8 Å². The number of nitrogens with zero attached hydrogens (tertiary/aromatic N) is 3. The lowest BCUT2D eigenvalue weighted by Gasteiger charge is -2.11. The first kappa shape index (κ1) is 27.5. The number of carbonyl (C=O) groups is 1. The molecule has 2 N–H and O–H groups in total. The zero-order valence-corrected chi connectivity index (χ0v) is 21.1. The van der Waals surface area contributed by atoms with Gasteiger partial charge in [0.25, 0.3) is 5.91 Å². The lowest BCUT2D eigenvalue weighted by atomic mass is 10.1. The number of hydrogen-bond acceptors (Lipinski definition) is 5. The van der Waals surface area contributed by atoms with Gasteiger partial charge in [-0.3, -0.25) is 9.52 Å². The molecule has 0 atom stereocenters. The molecule has 0 fully saturated rings. The van der Waals surface area contributed by atoms with Crippen molar-refractivity contribution in [3.8, 4) is 5.69 Å². The van der Waals surface area contributed by atoms with Gasteiger partial charge in [-0.2, -0.15) is 5.10 Å². The summed E-state index contributed by atoms with van der Waals surface area (Å²) in [4.78, 5) is 16.8. The fraction of sp³-hybridized carbons (Fsp3) is 0.240. The number of rotatable bonds is 8. The molecular formula is C25H30FN5O3S. The molecule has 0 spiro atoms. The monoisotopic (exact) mass is 499 g/mol. The van der Waals surface area contributed by atoms with Gasteiger partial charge >= 0.3 is 0 Å². The number of allylic oxidation sites excluding steroid dienone is 1. The summed E-state index contributed by atoms with van der Waals surface area (Å²) < 4.78 is 39.9. The topological polar surface area (TPSA) is 106 Å². The number of benzene rings is 1. The van der Waals surface area contributed by atoms with E-state index in [2.05, 4.69) is 40.5 Å². The summed E-state index contributed by atoms with van der Waals surface area (Å²) in [6, 6.07) is 9.03. The van der Waals surface area contributed by atoms with E-state index in [1.54, 1.807) is 54.2 Å². The first-order chi connectivity index (χ1) is 16.6. The van der Waals surface area contributed by atoms with Gasteiger partial charge in [-0.25, -0.2) is 22.5 Å². The maximum absolute atomic E-state index is 13.3. The van der Waals surface area contributed by atoms with Crippen molar-refractivity contribution < 1.29 is 17.6 Å². The van der Waals surface area contributed by atoms with Crippen molar-refractivity contribution in [3.63, 3.8) is 0 Å². The summed E-state index contributed by atoms with van der Waals surface area (Å²) in [5, 5.41) is 7.14. The van der Waals surface area contributed by atoms with Crippen LogP contribution >= 0.6 is 0 Å². The number of hydrogen-bond donors (Lipinski definition) is 2. The van der Waals surface area contributed by atoms with Gasteiger partial charge in [0.15, 0.2) is 0 Å². The summed E-state index contributed by atoms with van der Waals surface area (Å²) in [6.45, 7) is 9.96. The molecule has 1 amide bonds. The van der Waals surface area contributed by atoms with Crippen LogP contribution in [-0.4, -0.2) is 35.3 Å². The van der Waals surface area contributed by atoms with Crippen LogP contribution in [0.1, 0.15) is 44.0 Å². The van der Waals surface area contributed by atoms with Gasteiger partial charge in [-0.05, 0) is 55.0 Å². The van der Waals surface area contributed by atoms with Crippen molar-refractivity contribution in [3.05, 3.63) is 84.1 Å². The predicted octanol–water partition coefficient (Wildman–Crippen LogP) is 4.56. The quantitative estimate of drug-likeness (QED) is 0.442. The van der Waals surface area contributed by atoms with Crippen molar-refractivity contribution in [1.82, 2.24) is 20.1 Å². The number of halogens is 1. The minimum atomic E-state index is -3.46. The Morgan fingerprint density at radius 3 is 2.43 bits per heavy atom. The van der Waals surface area contributed by atoms with Crippen LogP contribution in [0, 0.1) is 5.82 Å². The smallest absolute Gasteiger partial charge is 0.251 e. The third-order valence-corrected chi connectivity index (χ3v) is 5.04. The van der Waals surface area contributed by atoms with Gasteiger partial charge in [-0.1, -0.05) is 32.9 Å². The molecule has 10 heteroatoms. The third-order valence-electron chi connectivity index (χ3n) is 4.46. The molecular weight excluding hydrogens is 469 g/mol. The Balaban J connectivity index is 0.00000137. The molecule has 3 rings (SSSR count). The lowest BCUT2D eigenvalue weighted by molar-refractivity contribution is -0.115. The average molecular weight is 500 g/mol. The van der Waals surface area contributed by atoms with Crippen LogP contribution in [0.4, 0.5) is 10.2 Å². The van der Waals surface area contributed by atoms with Gasteiger partial charge in [0.05, 0.1) is 23.8 Å². The maximum atomic E-state index is 13.3. The molecule has 3 aromatic rings. The number of amides is 1. The summed E-state index contributed by atoms with van der Waals surface area (Å²) in [5.74, 6) is -0.537. The standard InChI is InChI=1S/C22H22FN5O3S.C3H8/c1-4-18(19-14-26-28(20(19)5-2)17-8-6-16(23)7-9-17)22(29)25-13-15-10-11-24-21(12-15)27-32(3,30)31;1-3-2/h4-12,14H,2,13H2,1,3H3,(H,24,27)(H,25,29);3H2,1-2H3/b18-4+;. The summed E-state index contributed by atoms with van der Waals surface area (Å²) >= 11 is 0. The van der Waals surface area contributed by atoms with E-state index in [4.69, 9.17) is 0 Å². The Morgan fingerprint density at radius 1 is 1.20 bits per heavy atom. The van der Waals surface area contributed by atoms with Crippen molar-refractivity contribution in [2.75, 3.05) is 11.0 Å². The molecule has 0 aliphatic heterocycles. The molecule has 1 aromatic carbocycles. The second-order valence-corrected chi connectivity index (χ2v) is 9.30. The van der Waals surface area contributed by atoms with Crippen LogP contribution in [0.5, 0.6) is 0 Å². The summed E-state index contributed by atoms with van der Waals surface area (Å²) in [5.41, 5.74) is 2.84. The van der Waals surface area contributed by atoms with E-state index in [9.17, 15) is 17.6 Å². The highest BCUT2D eigenvalue weighted by Gasteiger charge is 2.18. The van der Waals surface area contributed by atoms with Gasteiger partial charge in [0, 0.05) is 23.9 Å².